The summed E-state index contributed by atoms with van der Waals surface area (Å²) in [6.07, 6.45) is 4.01. The van der Waals surface area contributed by atoms with E-state index in [2.05, 4.69) is 16.6 Å². The predicted molar refractivity (Wildman–Crippen MR) is 62.4 cm³/mol. The zero-order chi connectivity index (χ0) is 12.7. The van der Waals surface area contributed by atoms with Crippen molar-refractivity contribution in [3.05, 3.63) is 12.7 Å². The van der Waals surface area contributed by atoms with Crippen molar-refractivity contribution in [2.45, 2.75) is 37.8 Å². The Morgan fingerprint density at radius 3 is 2.94 bits per heavy atom. The Hall–Kier alpha value is -1.36. The first-order chi connectivity index (χ1) is 8.19. The van der Waals surface area contributed by atoms with Gasteiger partial charge in [0.15, 0.2) is 0 Å². The van der Waals surface area contributed by atoms with Crippen LogP contribution in [0.3, 0.4) is 0 Å². The minimum Gasteiger partial charge on any atom is -0.467 e. The number of carbonyl (C=O) groups excluding carboxylic acids is 2. The van der Waals surface area contributed by atoms with Gasteiger partial charge in [0.1, 0.15) is 12.1 Å². The largest absolute Gasteiger partial charge is 0.467 e. The van der Waals surface area contributed by atoms with Crippen molar-refractivity contribution in [3.8, 4) is 0 Å². The molecular formula is C12H19NO4. The van der Waals surface area contributed by atoms with Gasteiger partial charge in [0.05, 0.1) is 7.11 Å². The van der Waals surface area contributed by atoms with Gasteiger partial charge < -0.3 is 14.8 Å². The van der Waals surface area contributed by atoms with E-state index in [4.69, 9.17) is 4.74 Å². The van der Waals surface area contributed by atoms with Crippen LogP contribution in [-0.4, -0.2) is 37.7 Å². The second-order valence-corrected chi connectivity index (χ2v) is 3.95. The van der Waals surface area contributed by atoms with Gasteiger partial charge in [0.25, 0.3) is 0 Å². The van der Waals surface area contributed by atoms with Crippen molar-refractivity contribution >= 4 is 11.9 Å². The first kappa shape index (κ1) is 13.7. The molecule has 96 valence electrons. The average molecular weight is 241 g/mol. The fraction of sp³-hybridized carbons (Fsp3) is 0.667. The van der Waals surface area contributed by atoms with Crippen LogP contribution in [0.2, 0.25) is 0 Å². The first-order valence-corrected chi connectivity index (χ1v) is 5.79. The zero-order valence-electron chi connectivity index (χ0n) is 10.1. The zero-order valence-corrected chi connectivity index (χ0v) is 10.1. The third-order valence-corrected chi connectivity index (χ3v) is 2.68. The molecule has 1 rings (SSSR count). The normalized spacial score (nSPS) is 20.6. The summed E-state index contributed by atoms with van der Waals surface area (Å²) >= 11 is 0. The highest BCUT2D eigenvalue weighted by Crippen LogP contribution is 2.12. The minimum atomic E-state index is -0.616. The summed E-state index contributed by atoms with van der Waals surface area (Å²) in [7, 11) is 1.31. The summed E-state index contributed by atoms with van der Waals surface area (Å²) < 4.78 is 9.89. The fourth-order valence-corrected chi connectivity index (χ4v) is 1.72. The lowest BCUT2D eigenvalue weighted by Crippen LogP contribution is -2.45. The fourth-order valence-electron chi connectivity index (χ4n) is 1.72. The number of methoxy groups -OCH3 is 1. The van der Waals surface area contributed by atoms with Crippen molar-refractivity contribution in [1.82, 2.24) is 5.32 Å². The van der Waals surface area contributed by atoms with Crippen LogP contribution < -0.4 is 5.32 Å². The van der Waals surface area contributed by atoms with Crippen LogP contribution in [0.25, 0.3) is 0 Å². The molecule has 17 heavy (non-hydrogen) atoms. The number of nitrogens with one attached hydrogen (secondary N) is 1. The van der Waals surface area contributed by atoms with Gasteiger partial charge in [-0.15, -0.1) is 6.58 Å². The second-order valence-electron chi connectivity index (χ2n) is 3.95. The Bertz CT molecular complexity index is 284. The lowest BCUT2D eigenvalue weighted by molar-refractivity contribution is -0.146. The quantitative estimate of drug-likeness (QED) is 0.551. The lowest BCUT2D eigenvalue weighted by atomic mass is 10.1. The topological polar surface area (TPSA) is 64.6 Å². The Labute approximate surface area is 101 Å². The average Bonchev–Trinajstić information content (AvgIpc) is 2.87. The van der Waals surface area contributed by atoms with Crippen LogP contribution in [0.4, 0.5) is 0 Å². The molecule has 1 aliphatic rings. The highest BCUT2D eigenvalue weighted by atomic mass is 16.5. The van der Waals surface area contributed by atoms with Crippen molar-refractivity contribution in [1.29, 1.82) is 0 Å². The van der Waals surface area contributed by atoms with Gasteiger partial charge in [-0.1, -0.05) is 6.08 Å². The molecule has 1 amide bonds. The Morgan fingerprint density at radius 1 is 1.65 bits per heavy atom. The van der Waals surface area contributed by atoms with Crippen LogP contribution in [0.5, 0.6) is 0 Å². The third kappa shape index (κ3) is 4.19. The van der Waals surface area contributed by atoms with Gasteiger partial charge in [0.2, 0.25) is 5.91 Å². The Balaban J connectivity index is 2.48. The summed E-state index contributed by atoms with van der Waals surface area (Å²) in [4.78, 5) is 23.2. The van der Waals surface area contributed by atoms with Crippen LogP contribution in [-0.2, 0) is 19.1 Å². The molecule has 0 aromatic rings. The summed E-state index contributed by atoms with van der Waals surface area (Å²) in [5.41, 5.74) is 0. The second kappa shape index (κ2) is 7.06. The molecule has 5 nitrogen and oxygen atoms in total. The maximum Gasteiger partial charge on any atom is 0.328 e. The number of esters is 1. The van der Waals surface area contributed by atoms with E-state index >= 15 is 0 Å². The maximum absolute atomic E-state index is 11.8. The molecule has 0 saturated carbocycles. The number of allylic oxidation sites excluding steroid dienone is 1. The van der Waals surface area contributed by atoms with Gasteiger partial charge in [-0.25, -0.2) is 4.79 Å². The smallest absolute Gasteiger partial charge is 0.328 e. The van der Waals surface area contributed by atoms with Crippen LogP contribution >= 0.6 is 0 Å². The molecule has 0 spiro atoms. The molecule has 0 aliphatic carbocycles. The van der Waals surface area contributed by atoms with Crippen molar-refractivity contribution in [3.63, 3.8) is 0 Å². The van der Waals surface area contributed by atoms with Gasteiger partial charge in [-0.3, -0.25) is 4.79 Å². The number of hydrogen-bond donors (Lipinski definition) is 1. The van der Waals surface area contributed by atoms with E-state index in [-0.39, 0.29) is 5.91 Å². The number of hydrogen-bond acceptors (Lipinski definition) is 4. The Kier molecular flexibility index (Phi) is 5.69. The van der Waals surface area contributed by atoms with Crippen molar-refractivity contribution in [2.75, 3.05) is 13.7 Å². The molecule has 0 radical (unpaired) electrons. The Morgan fingerprint density at radius 2 is 2.41 bits per heavy atom. The third-order valence-electron chi connectivity index (χ3n) is 2.68. The number of amides is 1. The van der Waals surface area contributed by atoms with Crippen LogP contribution in [0, 0.1) is 0 Å². The SMILES string of the molecule is C=CCC[C@H](NC(=O)[C@H]1CCCO1)C(=O)OC. The molecule has 1 saturated heterocycles. The molecular weight excluding hydrogens is 222 g/mol. The summed E-state index contributed by atoms with van der Waals surface area (Å²) in [6.45, 7) is 4.19. The van der Waals surface area contributed by atoms with E-state index < -0.39 is 18.1 Å². The molecule has 0 bridgehead atoms. The molecule has 2 atom stereocenters. The van der Waals surface area contributed by atoms with E-state index in [1.165, 1.54) is 7.11 Å². The van der Waals surface area contributed by atoms with E-state index in [9.17, 15) is 9.59 Å². The summed E-state index contributed by atoms with van der Waals surface area (Å²) in [5.74, 6) is -0.667. The standard InChI is InChI=1S/C12H19NO4/c1-3-4-6-9(12(15)16-2)13-11(14)10-7-5-8-17-10/h3,9-10H,1,4-8H2,2H3,(H,13,14)/t9-,10+/m0/s1. The molecule has 0 unspecified atom stereocenters. The number of ether oxygens (including phenoxy) is 2. The van der Waals surface area contributed by atoms with Gasteiger partial charge in [0, 0.05) is 6.61 Å². The molecule has 5 heteroatoms. The number of rotatable bonds is 6. The van der Waals surface area contributed by atoms with Crippen molar-refractivity contribution in [2.24, 2.45) is 0 Å². The molecule has 0 aromatic heterocycles. The van der Waals surface area contributed by atoms with Crippen LogP contribution in [0.15, 0.2) is 12.7 Å². The molecule has 1 fully saturated rings. The first-order valence-electron chi connectivity index (χ1n) is 5.79. The van der Waals surface area contributed by atoms with Crippen molar-refractivity contribution < 1.29 is 19.1 Å². The van der Waals surface area contributed by atoms with Crippen LogP contribution in [0.1, 0.15) is 25.7 Å². The van der Waals surface area contributed by atoms with E-state index in [0.29, 0.717) is 25.9 Å². The van der Waals surface area contributed by atoms with Gasteiger partial charge in [-0.2, -0.15) is 0 Å². The molecule has 1 N–H and O–H groups in total. The lowest BCUT2D eigenvalue weighted by Gasteiger charge is -2.18. The molecule has 1 aliphatic heterocycles. The van der Waals surface area contributed by atoms with Gasteiger partial charge in [-0.05, 0) is 25.7 Å². The predicted octanol–water partition coefficient (Wildman–Crippen LogP) is 0.789. The van der Waals surface area contributed by atoms with E-state index in [1.54, 1.807) is 6.08 Å². The highest BCUT2D eigenvalue weighted by molar-refractivity contribution is 5.87. The number of carbonyl (C=O) groups is 2. The van der Waals surface area contributed by atoms with E-state index in [1.807, 2.05) is 0 Å². The van der Waals surface area contributed by atoms with Gasteiger partial charge >= 0.3 is 5.97 Å². The maximum atomic E-state index is 11.8. The summed E-state index contributed by atoms with van der Waals surface area (Å²) in [6, 6.07) is -0.616. The monoisotopic (exact) mass is 241 g/mol. The molecule has 1 heterocycles. The highest BCUT2D eigenvalue weighted by Gasteiger charge is 2.28. The minimum absolute atomic E-state index is 0.234. The van der Waals surface area contributed by atoms with E-state index in [0.717, 1.165) is 6.42 Å². The summed E-state index contributed by atoms with van der Waals surface area (Å²) in [5, 5.41) is 2.66. The molecule has 0 aromatic carbocycles.